The van der Waals surface area contributed by atoms with Crippen molar-refractivity contribution in [3.8, 4) is 0 Å². The van der Waals surface area contributed by atoms with Crippen LogP contribution in [0.3, 0.4) is 0 Å². The third-order valence-electron chi connectivity index (χ3n) is 4.58. The summed E-state index contributed by atoms with van der Waals surface area (Å²) in [6.07, 6.45) is 7.61. The molecule has 2 aliphatic rings. The van der Waals surface area contributed by atoms with Gasteiger partial charge in [0.2, 0.25) is 0 Å². The van der Waals surface area contributed by atoms with Crippen LogP contribution in [0, 0.1) is 10.8 Å². The smallest absolute Gasteiger partial charge is 0.311 e. The Balaban J connectivity index is 2.03. The topological polar surface area (TPSA) is 66.4 Å². The quantitative estimate of drug-likeness (QED) is 0.830. The molecule has 4 heteroatoms. The number of carbonyl (C=O) groups excluding carboxylic acids is 1. The van der Waals surface area contributed by atoms with E-state index in [2.05, 4.69) is 19.2 Å². The molecule has 0 radical (unpaired) electrons. The van der Waals surface area contributed by atoms with Gasteiger partial charge in [0.1, 0.15) is 0 Å². The highest BCUT2D eigenvalue weighted by Gasteiger charge is 2.40. The molecule has 0 atom stereocenters. The van der Waals surface area contributed by atoms with E-state index in [1.165, 1.54) is 0 Å². The number of carboxylic acid groups (broad SMARTS) is 1. The van der Waals surface area contributed by atoms with Crippen LogP contribution in [0.2, 0.25) is 0 Å². The third-order valence-corrected chi connectivity index (χ3v) is 4.58. The molecule has 20 heavy (non-hydrogen) atoms. The number of hydrogen-bond acceptors (Lipinski definition) is 3. The number of rotatable bonds is 4. The normalized spacial score (nSPS) is 24.9. The Morgan fingerprint density at radius 3 is 2.45 bits per heavy atom. The predicted molar refractivity (Wildman–Crippen MR) is 77.3 cm³/mol. The van der Waals surface area contributed by atoms with Crippen LogP contribution in [0.5, 0.6) is 0 Å². The lowest BCUT2D eigenvalue weighted by Gasteiger charge is -2.35. The summed E-state index contributed by atoms with van der Waals surface area (Å²) in [6.45, 7) is 4.60. The number of hydrogen-bond donors (Lipinski definition) is 2. The summed E-state index contributed by atoms with van der Waals surface area (Å²) in [6, 6.07) is 0. The summed E-state index contributed by atoms with van der Waals surface area (Å²) < 4.78 is 0. The van der Waals surface area contributed by atoms with E-state index in [1.807, 2.05) is 0 Å². The molecule has 0 aromatic carbocycles. The first-order valence-corrected chi connectivity index (χ1v) is 7.54. The average Bonchev–Trinajstić information content (AvgIpc) is 2.35. The molecule has 0 spiro atoms. The van der Waals surface area contributed by atoms with Crippen LogP contribution in [-0.4, -0.2) is 23.4 Å². The highest BCUT2D eigenvalue weighted by Crippen LogP contribution is 2.37. The van der Waals surface area contributed by atoms with E-state index in [9.17, 15) is 14.7 Å². The Labute approximate surface area is 120 Å². The number of nitrogens with one attached hydrogen (secondary N) is 1. The second-order valence-corrected chi connectivity index (χ2v) is 7.15. The zero-order valence-electron chi connectivity index (χ0n) is 12.5. The number of ketones is 1. The molecule has 1 saturated carbocycles. The van der Waals surface area contributed by atoms with Gasteiger partial charge in [0.05, 0.1) is 5.41 Å². The van der Waals surface area contributed by atoms with E-state index >= 15 is 0 Å². The van der Waals surface area contributed by atoms with Crippen molar-refractivity contribution < 1.29 is 14.7 Å². The zero-order chi connectivity index (χ0) is 14.8. The summed E-state index contributed by atoms with van der Waals surface area (Å²) >= 11 is 0. The molecule has 2 N–H and O–H groups in total. The lowest BCUT2D eigenvalue weighted by atomic mass is 9.73. The third kappa shape index (κ3) is 3.41. The van der Waals surface area contributed by atoms with Crippen molar-refractivity contribution in [3.63, 3.8) is 0 Å². The molecule has 1 fully saturated rings. The first-order valence-electron chi connectivity index (χ1n) is 7.54. The van der Waals surface area contributed by atoms with E-state index < -0.39 is 11.4 Å². The minimum absolute atomic E-state index is 0.0306. The van der Waals surface area contributed by atoms with Crippen LogP contribution >= 0.6 is 0 Å². The van der Waals surface area contributed by atoms with Crippen molar-refractivity contribution in [2.75, 3.05) is 6.54 Å². The molecule has 0 bridgehead atoms. The van der Waals surface area contributed by atoms with Gasteiger partial charge < -0.3 is 10.4 Å². The number of carbonyl (C=O) groups is 2. The molecular weight excluding hydrogens is 254 g/mol. The van der Waals surface area contributed by atoms with Crippen LogP contribution in [0.4, 0.5) is 0 Å². The molecule has 0 heterocycles. The van der Waals surface area contributed by atoms with Gasteiger partial charge in [-0.2, -0.15) is 0 Å². The fraction of sp³-hybridized carbons (Fsp3) is 0.750. The van der Waals surface area contributed by atoms with Crippen molar-refractivity contribution in [1.29, 1.82) is 0 Å². The van der Waals surface area contributed by atoms with Gasteiger partial charge in [-0.25, -0.2) is 0 Å². The van der Waals surface area contributed by atoms with Crippen molar-refractivity contribution in [3.05, 3.63) is 11.8 Å². The summed E-state index contributed by atoms with van der Waals surface area (Å²) in [5.41, 5.74) is 0.221. The average molecular weight is 279 g/mol. The number of carboxylic acids is 1. The van der Waals surface area contributed by atoms with Crippen LogP contribution in [-0.2, 0) is 9.59 Å². The molecule has 2 aliphatic carbocycles. The Morgan fingerprint density at radius 2 is 1.90 bits per heavy atom. The fourth-order valence-electron chi connectivity index (χ4n) is 3.44. The van der Waals surface area contributed by atoms with Crippen LogP contribution in [0.25, 0.3) is 0 Å². The Morgan fingerprint density at radius 1 is 1.25 bits per heavy atom. The summed E-state index contributed by atoms with van der Waals surface area (Å²) in [7, 11) is 0. The fourth-order valence-corrected chi connectivity index (χ4v) is 3.44. The van der Waals surface area contributed by atoms with E-state index in [4.69, 9.17) is 0 Å². The molecule has 0 aromatic heterocycles. The molecule has 2 rings (SSSR count). The summed E-state index contributed by atoms with van der Waals surface area (Å²) in [5, 5.41) is 12.8. The largest absolute Gasteiger partial charge is 0.481 e. The Hall–Kier alpha value is -1.32. The van der Waals surface area contributed by atoms with Gasteiger partial charge in [-0.3, -0.25) is 9.59 Å². The maximum absolute atomic E-state index is 11.7. The van der Waals surface area contributed by atoms with E-state index in [1.54, 1.807) is 6.08 Å². The summed E-state index contributed by atoms with van der Waals surface area (Å²) in [5.74, 6) is -0.566. The number of aliphatic carboxylic acids is 1. The molecule has 0 saturated heterocycles. The van der Waals surface area contributed by atoms with Crippen molar-refractivity contribution in [2.24, 2.45) is 10.8 Å². The highest BCUT2D eigenvalue weighted by atomic mass is 16.4. The standard InChI is InChI=1S/C16H25NO3/c1-15(2)9-12(8-13(18)10-15)17-11-16(14(19)20)6-4-3-5-7-16/h8,17H,3-7,9-11H2,1-2H3,(H,19,20). The van der Waals surface area contributed by atoms with E-state index in [0.717, 1.165) is 44.2 Å². The van der Waals surface area contributed by atoms with Gasteiger partial charge in [-0.1, -0.05) is 33.1 Å². The van der Waals surface area contributed by atoms with Crippen molar-refractivity contribution >= 4 is 11.8 Å². The SMILES string of the molecule is CC1(C)CC(=O)C=C(NCC2(C(=O)O)CCCCC2)C1. The Kier molecular flexibility index (Phi) is 4.21. The monoisotopic (exact) mass is 279 g/mol. The van der Waals surface area contributed by atoms with Gasteiger partial charge in [0.25, 0.3) is 0 Å². The molecular formula is C16H25NO3. The maximum Gasteiger partial charge on any atom is 0.311 e. The lowest BCUT2D eigenvalue weighted by molar-refractivity contribution is -0.150. The Bertz CT molecular complexity index is 431. The second kappa shape index (κ2) is 5.58. The minimum Gasteiger partial charge on any atom is -0.481 e. The zero-order valence-corrected chi connectivity index (χ0v) is 12.5. The van der Waals surface area contributed by atoms with Crippen LogP contribution < -0.4 is 5.32 Å². The molecule has 112 valence electrons. The van der Waals surface area contributed by atoms with Gasteiger partial charge >= 0.3 is 5.97 Å². The molecule has 0 aliphatic heterocycles. The summed E-state index contributed by atoms with van der Waals surface area (Å²) in [4.78, 5) is 23.3. The molecule has 0 unspecified atom stereocenters. The second-order valence-electron chi connectivity index (χ2n) is 7.15. The van der Waals surface area contributed by atoms with Gasteiger partial charge in [0, 0.05) is 24.7 Å². The van der Waals surface area contributed by atoms with E-state index in [0.29, 0.717) is 13.0 Å². The van der Waals surface area contributed by atoms with Gasteiger partial charge in [-0.05, 0) is 24.7 Å². The van der Waals surface area contributed by atoms with Crippen molar-refractivity contribution in [1.82, 2.24) is 5.32 Å². The van der Waals surface area contributed by atoms with Crippen LogP contribution in [0.15, 0.2) is 11.8 Å². The van der Waals surface area contributed by atoms with Crippen LogP contribution in [0.1, 0.15) is 58.8 Å². The molecule has 0 amide bonds. The maximum atomic E-state index is 11.7. The van der Waals surface area contributed by atoms with Crippen molar-refractivity contribution in [2.45, 2.75) is 58.8 Å². The molecule has 0 aromatic rings. The first-order chi connectivity index (χ1) is 9.33. The highest BCUT2D eigenvalue weighted by molar-refractivity contribution is 5.91. The minimum atomic E-state index is -0.702. The lowest BCUT2D eigenvalue weighted by Crippen LogP contribution is -2.43. The van der Waals surface area contributed by atoms with Gasteiger partial charge in [0.15, 0.2) is 5.78 Å². The molecule has 4 nitrogen and oxygen atoms in total. The van der Waals surface area contributed by atoms with Gasteiger partial charge in [-0.15, -0.1) is 0 Å². The van der Waals surface area contributed by atoms with E-state index in [-0.39, 0.29) is 11.2 Å². The number of allylic oxidation sites excluding steroid dienone is 2. The first kappa shape index (κ1) is 15.1. The predicted octanol–water partition coefficient (Wildman–Crippen LogP) is 2.88.